The summed E-state index contributed by atoms with van der Waals surface area (Å²) in [5.41, 5.74) is 0.693. The first-order valence-electron chi connectivity index (χ1n) is 11.9. The molecule has 1 aliphatic carbocycles. The molecule has 1 aliphatic rings. The van der Waals surface area contributed by atoms with E-state index >= 15 is 0 Å². The molecule has 1 saturated carbocycles. The standard InChI is InChI=1S/C28H41NO3/c1-6-20-29(27(30)32-28(3,4)5)26(7-2)25-18-16-23(17-19-25)13-11-12-21-31-22-24-14-9-8-10-15-24/h6-11,13-15,23,25-26H,1-2,12,16-22H2,3-5H3/b13-11+. The van der Waals surface area contributed by atoms with Crippen LogP contribution in [-0.2, 0) is 16.1 Å². The Balaban J connectivity index is 1.77. The van der Waals surface area contributed by atoms with Gasteiger partial charge in [0.1, 0.15) is 5.60 Å². The third kappa shape index (κ3) is 9.04. The highest BCUT2D eigenvalue weighted by Crippen LogP contribution is 2.34. The van der Waals surface area contributed by atoms with E-state index in [4.69, 9.17) is 9.47 Å². The lowest BCUT2D eigenvalue weighted by Gasteiger charge is -2.38. The maximum Gasteiger partial charge on any atom is 0.411 e. The first kappa shape index (κ1) is 25.9. The Labute approximate surface area is 195 Å². The lowest BCUT2D eigenvalue weighted by molar-refractivity contribution is 0.0153. The molecule has 0 radical (unpaired) electrons. The van der Waals surface area contributed by atoms with Crippen LogP contribution in [0.4, 0.5) is 4.79 Å². The van der Waals surface area contributed by atoms with Crippen LogP contribution in [0.1, 0.15) is 58.4 Å². The monoisotopic (exact) mass is 439 g/mol. The molecule has 1 atom stereocenters. The average molecular weight is 440 g/mol. The fraction of sp³-hybridized carbons (Fsp3) is 0.536. The van der Waals surface area contributed by atoms with Crippen molar-refractivity contribution in [2.75, 3.05) is 13.2 Å². The molecule has 0 spiro atoms. The van der Waals surface area contributed by atoms with Crippen molar-refractivity contribution in [3.63, 3.8) is 0 Å². The molecule has 1 aromatic carbocycles. The predicted molar refractivity (Wildman–Crippen MR) is 132 cm³/mol. The van der Waals surface area contributed by atoms with Crippen LogP contribution in [0.5, 0.6) is 0 Å². The van der Waals surface area contributed by atoms with Gasteiger partial charge in [0.05, 0.1) is 19.3 Å². The van der Waals surface area contributed by atoms with Gasteiger partial charge in [-0.15, -0.1) is 13.2 Å². The van der Waals surface area contributed by atoms with Crippen LogP contribution in [0.3, 0.4) is 0 Å². The average Bonchev–Trinajstić information content (AvgIpc) is 2.76. The third-order valence-corrected chi connectivity index (χ3v) is 5.80. The number of hydrogen-bond acceptors (Lipinski definition) is 3. The Hall–Kier alpha value is -2.33. The summed E-state index contributed by atoms with van der Waals surface area (Å²) < 4.78 is 11.4. The minimum absolute atomic E-state index is 0.0285. The molecule has 1 unspecified atom stereocenters. The van der Waals surface area contributed by atoms with Gasteiger partial charge in [0.15, 0.2) is 0 Å². The highest BCUT2D eigenvalue weighted by Gasteiger charge is 2.33. The van der Waals surface area contributed by atoms with Crippen LogP contribution in [0, 0.1) is 11.8 Å². The highest BCUT2D eigenvalue weighted by molar-refractivity contribution is 5.69. The van der Waals surface area contributed by atoms with E-state index in [-0.39, 0.29) is 12.1 Å². The molecule has 2 rings (SSSR count). The SMILES string of the molecule is C=CCN(C(=O)OC(C)(C)C)C(C=C)C1CCC(/C=C/CCOCc2ccccc2)CC1. The van der Waals surface area contributed by atoms with Gasteiger partial charge in [0.2, 0.25) is 0 Å². The molecule has 0 N–H and O–H groups in total. The summed E-state index contributed by atoms with van der Waals surface area (Å²) in [6.07, 6.45) is 13.3. The minimum atomic E-state index is -0.518. The summed E-state index contributed by atoms with van der Waals surface area (Å²) in [7, 11) is 0. The number of allylic oxidation sites excluding steroid dienone is 1. The molecule has 4 nitrogen and oxygen atoms in total. The number of benzene rings is 1. The summed E-state index contributed by atoms with van der Waals surface area (Å²) in [4.78, 5) is 14.5. The number of carbonyl (C=O) groups is 1. The molecular formula is C28H41NO3. The van der Waals surface area contributed by atoms with Gasteiger partial charge in [-0.2, -0.15) is 0 Å². The van der Waals surface area contributed by atoms with E-state index in [1.165, 1.54) is 5.56 Å². The van der Waals surface area contributed by atoms with E-state index in [9.17, 15) is 4.79 Å². The molecule has 0 saturated heterocycles. The molecule has 1 aromatic rings. The Morgan fingerprint density at radius 3 is 2.44 bits per heavy atom. The molecule has 0 aromatic heterocycles. The second kappa shape index (κ2) is 13.3. The number of ether oxygens (including phenoxy) is 2. The van der Waals surface area contributed by atoms with Crippen molar-refractivity contribution >= 4 is 6.09 Å². The molecule has 176 valence electrons. The van der Waals surface area contributed by atoms with Gasteiger partial charge in [-0.3, -0.25) is 4.90 Å². The fourth-order valence-electron chi connectivity index (χ4n) is 4.24. The summed E-state index contributed by atoms with van der Waals surface area (Å²) in [6.45, 7) is 15.4. The van der Waals surface area contributed by atoms with Crippen molar-refractivity contribution in [1.29, 1.82) is 0 Å². The summed E-state index contributed by atoms with van der Waals surface area (Å²) in [6, 6.07) is 10.2. The Bertz CT molecular complexity index is 727. The van der Waals surface area contributed by atoms with E-state index in [0.717, 1.165) is 38.7 Å². The third-order valence-electron chi connectivity index (χ3n) is 5.80. The first-order chi connectivity index (χ1) is 15.3. The van der Waals surface area contributed by atoms with E-state index < -0.39 is 5.60 Å². The van der Waals surface area contributed by atoms with Crippen LogP contribution in [-0.4, -0.2) is 35.8 Å². The molecule has 0 bridgehead atoms. The van der Waals surface area contributed by atoms with Crippen molar-refractivity contribution in [3.05, 3.63) is 73.4 Å². The largest absolute Gasteiger partial charge is 0.444 e. The first-order valence-corrected chi connectivity index (χ1v) is 11.9. The zero-order valence-electron chi connectivity index (χ0n) is 20.2. The predicted octanol–water partition coefficient (Wildman–Crippen LogP) is 6.93. The van der Waals surface area contributed by atoms with Gasteiger partial charge < -0.3 is 9.47 Å². The maximum absolute atomic E-state index is 12.8. The highest BCUT2D eigenvalue weighted by atomic mass is 16.6. The number of nitrogens with zero attached hydrogens (tertiary/aromatic N) is 1. The Kier molecular flexibility index (Phi) is 10.8. The number of amides is 1. The summed E-state index contributed by atoms with van der Waals surface area (Å²) in [5, 5.41) is 0. The summed E-state index contributed by atoms with van der Waals surface area (Å²) in [5.74, 6) is 0.999. The van der Waals surface area contributed by atoms with Crippen LogP contribution in [0.25, 0.3) is 0 Å². The van der Waals surface area contributed by atoms with E-state index in [1.807, 2.05) is 45.0 Å². The van der Waals surface area contributed by atoms with Crippen LogP contribution in [0.15, 0.2) is 67.8 Å². The smallest absolute Gasteiger partial charge is 0.411 e. The van der Waals surface area contributed by atoms with E-state index in [2.05, 4.69) is 37.4 Å². The zero-order valence-corrected chi connectivity index (χ0v) is 20.2. The van der Waals surface area contributed by atoms with Gasteiger partial charge in [-0.1, -0.05) is 54.6 Å². The van der Waals surface area contributed by atoms with Gasteiger partial charge in [0.25, 0.3) is 0 Å². The second-order valence-corrected chi connectivity index (χ2v) is 9.58. The van der Waals surface area contributed by atoms with E-state index in [0.29, 0.717) is 25.0 Å². The molecule has 1 amide bonds. The molecule has 1 fully saturated rings. The Morgan fingerprint density at radius 2 is 1.84 bits per heavy atom. The van der Waals surface area contributed by atoms with Gasteiger partial charge in [0, 0.05) is 6.54 Å². The molecule has 0 aliphatic heterocycles. The molecule has 0 heterocycles. The van der Waals surface area contributed by atoms with Crippen molar-refractivity contribution in [2.45, 2.75) is 71.1 Å². The quantitative estimate of drug-likeness (QED) is 0.277. The van der Waals surface area contributed by atoms with Crippen LogP contribution >= 0.6 is 0 Å². The van der Waals surface area contributed by atoms with Crippen LogP contribution in [0.2, 0.25) is 0 Å². The van der Waals surface area contributed by atoms with Crippen molar-refractivity contribution in [1.82, 2.24) is 4.90 Å². The number of carbonyl (C=O) groups excluding carboxylic acids is 1. The van der Waals surface area contributed by atoms with Crippen molar-refractivity contribution < 1.29 is 14.3 Å². The van der Waals surface area contributed by atoms with Gasteiger partial charge in [-0.05, 0) is 70.3 Å². The fourth-order valence-corrected chi connectivity index (χ4v) is 4.24. The van der Waals surface area contributed by atoms with Crippen LogP contribution < -0.4 is 0 Å². The zero-order chi connectivity index (χ0) is 23.4. The number of hydrogen-bond donors (Lipinski definition) is 0. The van der Waals surface area contributed by atoms with E-state index in [1.54, 1.807) is 11.0 Å². The van der Waals surface area contributed by atoms with Gasteiger partial charge in [-0.25, -0.2) is 4.79 Å². The second-order valence-electron chi connectivity index (χ2n) is 9.58. The molecular weight excluding hydrogens is 398 g/mol. The lowest BCUT2D eigenvalue weighted by atomic mass is 9.78. The maximum atomic E-state index is 12.8. The number of rotatable bonds is 11. The van der Waals surface area contributed by atoms with Crippen molar-refractivity contribution in [2.24, 2.45) is 11.8 Å². The summed E-state index contributed by atoms with van der Waals surface area (Å²) >= 11 is 0. The lowest BCUT2D eigenvalue weighted by Crippen LogP contribution is -2.46. The Morgan fingerprint density at radius 1 is 1.16 bits per heavy atom. The minimum Gasteiger partial charge on any atom is -0.444 e. The van der Waals surface area contributed by atoms with Gasteiger partial charge >= 0.3 is 6.09 Å². The topological polar surface area (TPSA) is 38.8 Å². The van der Waals surface area contributed by atoms with Crippen molar-refractivity contribution in [3.8, 4) is 0 Å². The normalized spacial score (nSPS) is 20.0. The molecule has 32 heavy (non-hydrogen) atoms. The molecule has 4 heteroatoms.